The Balaban J connectivity index is 2.56. The van der Waals surface area contributed by atoms with E-state index in [-0.39, 0.29) is 0 Å². The first kappa shape index (κ1) is 5.87. The van der Waals surface area contributed by atoms with Crippen LogP contribution in [0, 0.1) is 11.3 Å². The molecule has 0 heteroatoms. The fourth-order valence-electron chi connectivity index (χ4n) is 0.918. The monoisotopic (exact) mass is 110 g/mol. The Morgan fingerprint density at radius 2 is 2.00 bits per heavy atom. The van der Waals surface area contributed by atoms with Gasteiger partial charge >= 0.3 is 0 Å². The lowest BCUT2D eigenvalue weighted by molar-refractivity contribution is 0.272. The van der Waals surface area contributed by atoms with Gasteiger partial charge in [-0.3, -0.25) is 0 Å². The highest BCUT2D eigenvalue weighted by Gasteiger charge is 2.28. The highest BCUT2D eigenvalue weighted by Crippen LogP contribution is 2.39. The molecule has 0 aromatic heterocycles. The molecule has 0 fully saturated rings. The largest absolute Gasteiger partial charge is 0.0871 e. The van der Waals surface area contributed by atoms with Crippen molar-refractivity contribution in [1.82, 2.24) is 0 Å². The van der Waals surface area contributed by atoms with E-state index >= 15 is 0 Å². The van der Waals surface area contributed by atoms with Crippen LogP contribution in [0.25, 0.3) is 0 Å². The summed E-state index contributed by atoms with van der Waals surface area (Å²) in [6.45, 7) is 6.88. The molecule has 46 valence electrons. The highest BCUT2D eigenvalue weighted by molar-refractivity contribution is 5.11. The van der Waals surface area contributed by atoms with Gasteiger partial charge in [-0.2, -0.15) is 0 Å². The van der Waals surface area contributed by atoms with Gasteiger partial charge in [0.15, 0.2) is 0 Å². The second-order valence-corrected chi connectivity index (χ2v) is 3.27. The molecule has 1 atom stereocenters. The Morgan fingerprint density at radius 1 is 1.50 bits per heavy atom. The van der Waals surface area contributed by atoms with E-state index in [1.54, 1.807) is 0 Å². The summed E-state index contributed by atoms with van der Waals surface area (Å²) in [7, 11) is 0. The zero-order chi connectivity index (χ0) is 6.20. The van der Waals surface area contributed by atoms with Crippen LogP contribution in [0.2, 0.25) is 0 Å². The van der Waals surface area contributed by atoms with Crippen molar-refractivity contribution in [3.63, 3.8) is 0 Å². The average molecular weight is 110 g/mol. The van der Waals surface area contributed by atoms with Crippen LogP contribution in [0.1, 0.15) is 27.2 Å². The SMILES string of the molecule is CC(C)[C@]1(C)C=CC1. The Morgan fingerprint density at radius 3 is 2.00 bits per heavy atom. The van der Waals surface area contributed by atoms with E-state index in [1.807, 2.05) is 0 Å². The van der Waals surface area contributed by atoms with Crippen LogP contribution >= 0.6 is 0 Å². The molecule has 8 heavy (non-hydrogen) atoms. The molecule has 1 aliphatic rings. The van der Waals surface area contributed by atoms with Gasteiger partial charge in [0.25, 0.3) is 0 Å². The van der Waals surface area contributed by atoms with E-state index in [9.17, 15) is 0 Å². The number of hydrogen-bond acceptors (Lipinski definition) is 0. The van der Waals surface area contributed by atoms with Gasteiger partial charge in [-0.1, -0.05) is 32.9 Å². The first-order valence-electron chi connectivity index (χ1n) is 3.33. The maximum absolute atomic E-state index is 2.32. The molecule has 0 heterocycles. The van der Waals surface area contributed by atoms with Gasteiger partial charge in [0, 0.05) is 0 Å². The molecule has 0 aromatic rings. The summed E-state index contributed by atoms with van der Waals surface area (Å²) in [5.74, 6) is 0.812. The van der Waals surface area contributed by atoms with E-state index in [4.69, 9.17) is 0 Å². The number of hydrogen-bond donors (Lipinski definition) is 0. The van der Waals surface area contributed by atoms with Gasteiger partial charge in [0.2, 0.25) is 0 Å². The minimum atomic E-state index is 0.542. The lowest BCUT2D eigenvalue weighted by Gasteiger charge is -2.35. The maximum Gasteiger partial charge on any atom is -0.00891 e. The molecule has 1 rings (SSSR count). The average Bonchev–Trinajstić information content (AvgIpc) is 1.60. The highest BCUT2D eigenvalue weighted by atomic mass is 14.3. The molecule has 0 saturated heterocycles. The Hall–Kier alpha value is -0.260. The lowest BCUT2D eigenvalue weighted by atomic mass is 9.70. The Bertz CT molecular complexity index is 111. The van der Waals surface area contributed by atoms with Crippen LogP contribution in [0.4, 0.5) is 0 Å². The molecular weight excluding hydrogens is 96.1 g/mol. The molecule has 0 spiro atoms. The minimum absolute atomic E-state index is 0.542. The van der Waals surface area contributed by atoms with Crippen LogP contribution in [-0.2, 0) is 0 Å². The number of allylic oxidation sites excluding steroid dienone is 2. The van der Waals surface area contributed by atoms with Crippen LogP contribution in [0.3, 0.4) is 0 Å². The lowest BCUT2D eigenvalue weighted by Crippen LogP contribution is -2.25. The van der Waals surface area contributed by atoms with Crippen molar-refractivity contribution in [1.29, 1.82) is 0 Å². The number of rotatable bonds is 1. The second-order valence-electron chi connectivity index (χ2n) is 3.27. The predicted octanol–water partition coefficient (Wildman–Crippen LogP) is 2.61. The Labute approximate surface area is 51.6 Å². The maximum atomic E-state index is 2.32. The van der Waals surface area contributed by atoms with Crippen LogP contribution in [0.15, 0.2) is 12.2 Å². The van der Waals surface area contributed by atoms with Crippen molar-refractivity contribution < 1.29 is 0 Å². The standard InChI is InChI=1S/C8H14/c1-7(2)8(3)5-4-6-8/h4-5,7H,6H2,1-3H3/t8-/m1/s1. The molecule has 0 bridgehead atoms. The quantitative estimate of drug-likeness (QED) is 0.455. The van der Waals surface area contributed by atoms with Crippen molar-refractivity contribution in [3.8, 4) is 0 Å². The summed E-state index contributed by atoms with van der Waals surface area (Å²) in [6, 6.07) is 0. The fourth-order valence-corrected chi connectivity index (χ4v) is 0.918. The van der Waals surface area contributed by atoms with Gasteiger partial charge < -0.3 is 0 Å². The molecule has 0 N–H and O–H groups in total. The van der Waals surface area contributed by atoms with Crippen molar-refractivity contribution in [2.24, 2.45) is 11.3 Å². The summed E-state index contributed by atoms with van der Waals surface area (Å²) in [6.07, 6.45) is 5.85. The molecule has 0 nitrogen and oxygen atoms in total. The molecule has 0 radical (unpaired) electrons. The summed E-state index contributed by atoms with van der Waals surface area (Å²) in [5, 5.41) is 0. The Kier molecular flexibility index (Phi) is 1.18. The summed E-state index contributed by atoms with van der Waals surface area (Å²) >= 11 is 0. The van der Waals surface area contributed by atoms with E-state index in [0.29, 0.717) is 5.41 Å². The molecule has 0 unspecified atom stereocenters. The molecular formula is C8H14. The normalized spacial score (nSPS) is 35.5. The third kappa shape index (κ3) is 0.683. The third-order valence-corrected chi connectivity index (χ3v) is 2.38. The van der Waals surface area contributed by atoms with Crippen LogP contribution in [-0.4, -0.2) is 0 Å². The summed E-state index contributed by atoms with van der Waals surface area (Å²) in [5.41, 5.74) is 0.542. The first-order chi connectivity index (χ1) is 3.65. The summed E-state index contributed by atoms with van der Waals surface area (Å²) < 4.78 is 0. The minimum Gasteiger partial charge on any atom is -0.0871 e. The van der Waals surface area contributed by atoms with E-state index in [0.717, 1.165) is 5.92 Å². The van der Waals surface area contributed by atoms with Gasteiger partial charge in [-0.15, -0.1) is 0 Å². The van der Waals surface area contributed by atoms with Crippen LogP contribution in [0.5, 0.6) is 0 Å². The van der Waals surface area contributed by atoms with E-state index in [1.165, 1.54) is 6.42 Å². The summed E-state index contributed by atoms with van der Waals surface area (Å²) in [4.78, 5) is 0. The van der Waals surface area contributed by atoms with E-state index < -0.39 is 0 Å². The topological polar surface area (TPSA) is 0 Å². The van der Waals surface area contributed by atoms with Gasteiger partial charge in [-0.05, 0) is 17.8 Å². The van der Waals surface area contributed by atoms with Crippen molar-refractivity contribution in [2.45, 2.75) is 27.2 Å². The molecule has 0 aromatic carbocycles. The fraction of sp³-hybridized carbons (Fsp3) is 0.750. The smallest absolute Gasteiger partial charge is 0.00891 e. The van der Waals surface area contributed by atoms with Gasteiger partial charge in [0.1, 0.15) is 0 Å². The second kappa shape index (κ2) is 1.61. The van der Waals surface area contributed by atoms with E-state index in [2.05, 4.69) is 32.9 Å². The molecule has 1 aliphatic carbocycles. The predicted molar refractivity (Wildman–Crippen MR) is 36.7 cm³/mol. The third-order valence-electron chi connectivity index (χ3n) is 2.38. The first-order valence-corrected chi connectivity index (χ1v) is 3.33. The van der Waals surface area contributed by atoms with Gasteiger partial charge in [0.05, 0.1) is 0 Å². The zero-order valence-corrected chi connectivity index (χ0v) is 5.94. The molecule has 0 aliphatic heterocycles. The van der Waals surface area contributed by atoms with Crippen molar-refractivity contribution >= 4 is 0 Å². The van der Waals surface area contributed by atoms with Crippen molar-refractivity contribution in [3.05, 3.63) is 12.2 Å². The zero-order valence-electron chi connectivity index (χ0n) is 5.94. The molecule has 0 saturated carbocycles. The van der Waals surface area contributed by atoms with Crippen molar-refractivity contribution in [2.75, 3.05) is 0 Å². The van der Waals surface area contributed by atoms with Crippen LogP contribution < -0.4 is 0 Å². The molecule has 0 amide bonds. The van der Waals surface area contributed by atoms with Gasteiger partial charge in [-0.25, -0.2) is 0 Å².